The van der Waals surface area contributed by atoms with Gasteiger partial charge in [0.2, 0.25) is 5.95 Å². The topological polar surface area (TPSA) is 120 Å². The van der Waals surface area contributed by atoms with E-state index in [0.29, 0.717) is 28.6 Å². The van der Waals surface area contributed by atoms with E-state index < -0.39 is 9.73 Å². The summed E-state index contributed by atoms with van der Waals surface area (Å²) in [5.41, 5.74) is 1.97. The summed E-state index contributed by atoms with van der Waals surface area (Å²) in [5.74, 6) is 1.05. The van der Waals surface area contributed by atoms with E-state index >= 15 is 0 Å². The first-order chi connectivity index (χ1) is 18.6. The van der Waals surface area contributed by atoms with Crippen LogP contribution in [0.1, 0.15) is 13.8 Å². The first-order valence-electron chi connectivity index (χ1n) is 12.6. The summed E-state index contributed by atoms with van der Waals surface area (Å²) < 4.78 is 25.5. The Kier molecular flexibility index (Phi) is 7.23. The Morgan fingerprint density at radius 2 is 1.87 bits per heavy atom. The zero-order valence-electron chi connectivity index (χ0n) is 22.4. The van der Waals surface area contributed by atoms with Crippen LogP contribution < -0.4 is 15.8 Å². The number of morpholine rings is 1. The minimum atomic E-state index is -2.42. The quantitative estimate of drug-likeness (QED) is 0.346. The van der Waals surface area contributed by atoms with Crippen molar-refractivity contribution in [1.82, 2.24) is 24.3 Å². The molecule has 5 rings (SSSR count). The van der Waals surface area contributed by atoms with Crippen molar-refractivity contribution in [2.45, 2.75) is 32.6 Å². The third-order valence-corrected chi connectivity index (χ3v) is 6.77. The van der Waals surface area contributed by atoms with Gasteiger partial charge in [0, 0.05) is 41.5 Å². The van der Waals surface area contributed by atoms with Crippen molar-refractivity contribution in [3.8, 4) is 5.82 Å². The number of hydrogen-bond donors (Lipinski definition) is 1. The number of nitrogens with zero attached hydrogens (tertiary/aromatic N) is 7. The summed E-state index contributed by atoms with van der Waals surface area (Å²) in [7, 11) is -2.42. The molecule has 0 amide bonds. The molecule has 204 valence electrons. The number of rotatable bonds is 7. The van der Waals surface area contributed by atoms with Crippen LogP contribution in [0.3, 0.4) is 0 Å². The molecule has 1 N–H and O–H groups in total. The van der Waals surface area contributed by atoms with E-state index in [1.165, 1.54) is 10.9 Å². The van der Waals surface area contributed by atoms with Crippen LogP contribution in [0.15, 0.2) is 70.5 Å². The number of fused-ring (bicyclic) bond motifs is 1. The molecule has 4 heterocycles. The highest BCUT2D eigenvalue weighted by Crippen LogP contribution is 2.30. The lowest BCUT2D eigenvalue weighted by molar-refractivity contribution is -0.00517. The minimum absolute atomic E-state index is 0.109. The number of benzene rings is 1. The van der Waals surface area contributed by atoms with Crippen LogP contribution >= 0.6 is 0 Å². The number of ether oxygens (including phenoxy) is 1. The van der Waals surface area contributed by atoms with Gasteiger partial charge in [0.15, 0.2) is 17.3 Å². The van der Waals surface area contributed by atoms with Crippen LogP contribution in [0.2, 0.25) is 0 Å². The van der Waals surface area contributed by atoms with Crippen LogP contribution in [0.4, 0.5) is 23.1 Å². The Balaban J connectivity index is 1.60. The molecule has 0 bridgehead atoms. The van der Waals surface area contributed by atoms with Crippen LogP contribution in [0.25, 0.3) is 16.9 Å². The van der Waals surface area contributed by atoms with Crippen molar-refractivity contribution in [2.24, 2.45) is 4.36 Å². The lowest BCUT2D eigenvalue weighted by atomic mass is 10.1. The first-order valence-corrected chi connectivity index (χ1v) is 15.0. The Morgan fingerprint density at radius 1 is 1.13 bits per heavy atom. The highest BCUT2D eigenvalue weighted by molar-refractivity contribution is 7.92. The molecule has 1 aliphatic rings. The number of para-hydroxylation sites is 2. The smallest absolute Gasteiger partial charge is 0.278 e. The van der Waals surface area contributed by atoms with Crippen molar-refractivity contribution >= 4 is 43.9 Å². The van der Waals surface area contributed by atoms with Gasteiger partial charge < -0.3 is 15.0 Å². The maximum atomic E-state index is 13.3. The second kappa shape index (κ2) is 10.6. The Hall–Kier alpha value is -4.03. The molecule has 1 fully saturated rings. The Bertz CT molecular complexity index is 1700. The van der Waals surface area contributed by atoms with Crippen LogP contribution in [0, 0.1) is 0 Å². The molecule has 39 heavy (non-hydrogen) atoms. The summed E-state index contributed by atoms with van der Waals surface area (Å²) in [6, 6.07) is 13.1. The maximum Gasteiger partial charge on any atom is 0.278 e. The van der Waals surface area contributed by atoms with E-state index in [4.69, 9.17) is 9.72 Å². The number of pyridine rings is 1. The fourth-order valence-corrected chi connectivity index (χ4v) is 5.32. The Morgan fingerprint density at radius 3 is 2.59 bits per heavy atom. The molecule has 1 saturated heterocycles. The molecule has 4 aromatic rings. The van der Waals surface area contributed by atoms with Crippen molar-refractivity contribution in [2.75, 3.05) is 35.8 Å². The molecule has 1 aromatic carbocycles. The van der Waals surface area contributed by atoms with E-state index in [9.17, 15) is 9.00 Å². The molecule has 0 radical (unpaired) electrons. The number of anilines is 3. The normalized spacial score (nSPS) is 17.8. The van der Waals surface area contributed by atoms with Gasteiger partial charge in [-0.25, -0.2) is 23.5 Å². The van der Waals surface area contributed by atoms with E-state index in [2.05, 4.69) is 51.0 Å². The predicted octanol–water partition coefficient (Wildman–Crippen LogP) is 3.88. The number of allylic oxidation sites excluding steroid dienone is 1. The highest BCUT2D eigenvalue weighted by atomic mass is 32.2. The van der Waals surface area contributed by atoms with Gasteiger partial charge in [0.25, 0.3) is 5.56 Å². The summed E-state index contributed by atoms with van der Waals surface area (Å²) >= 11 is 0. The maximum absolute atomic E-state index is 13.3. The third-order valence-electron chi connectivity index (χ3n) is 6.14. The molecular weight excluding hydrogens is 516 g/mol. The molecular formula is C27H32N8O3S. The third kappa shape index (κ3) is 5.71. The van der Waals surface area contributed by atoms with Crippen molar-refractivity contribution in [3.05, 3.63) is 71.7 Å². The predicted molar refractivity (Wildman–Crippen MR) is 155 cm³/mol. The SMILES string of the molecule is C=CCn1c(=O)c2cnc(Nc3ccccc3N3C[C@@H](C)O[C@@H](C)C3)nc2n1-c1cccc(N=S(C)(C)=O)n1. The average Bonchev–Trinajstić information content (AvgIpc) is 3.14. The molecule has 0 aliphatic carbocycles. The lowest BCUT2D eigenvalue weighted by Crippen LogP contribution is -2.45. The van der Waals surface area contributed by atoms with E-state index in [1.54, 1.807) is 41.5 Å². The monoisotopic (exact) mass is 548 g/mol. The molecule has 12 heteroatoms. The number of aromatic nitrogens is 5. The zero-order valence-corrected chi connectivity index (χ0v) is 23.3. The fraction of sp³-hybridized carbons (Fsp3) is 0.333. The van der Waals surface area contributed by atoms with Crippen molar-refractivity contribution in [3.63, 3.8) is 0 Å². The van der Waals surface area contributed by atoms with Gasteiger partial charge in [-0.05, 0) is 38.1 Å². The molecule has 2 atom stereocenters. The van der Waals surface area contributed by atoms with Crippen molar-refractivity contribution in [1.29, 1.82) is 0 Å². The molecule has 0 unspecified atom stereocenters. The molecule has 0 saturated carbocycles. The van der Waals surface area contributed by atoms with Gasteiger partial charge >= 0.3 is 0 Å². The van der Waals surface area contributed by atoms with E-state index in [1.807, 2.05) is 18.2 Å². The van der Waals surface area contributed by atoms with Crippen LogP contribution in [0.5, 0.6) is 0 Å². The number of nitrogens with one attached hydrogen (secondary N) is 1. The van der Waals surface area contributed by atoms with Gasteiger partial charge in [0.05, 0.1) is 30.1 Å². The fourth-order valence-electron chi connectivity index (χ4n) is 4.76. The number of hydrogen-bond acceptors (Lipinski definition) is 9. The first kappa shape index (κ1) is 26.6. The lowest BCUT2D eigenvalue weighted by Gasteiger charge is -2.37. The van der Waals surface area contributed by atoms with Crippen LogP contribution in [-0.2, 0) is 21.0 Å². The van der Waals surface area contributed by atoms with Gasteiger partial charge in [-0.15, -0.1) is 6.58 Å². The van der Waals surface area contributed by atoms with Gasteiger partial charge in [-0.2, -0.15) is 9.35 Å². The summed E-state index contributed by atoms with van der Waals surface area (Å²) in [4.78, 5) is 29.3. The summed E-state index contributed by atoms with van der Waals surface area (Å²) in [6.07, 6.45) is 6.45. The van der Waals surface area contributed by atoms with Crippen LogP contribution in [-0.4, -0.2) is 66.3 Å². The zero-order chi connectivity index (χ0) is 27.7. The Labute approximate surface area is 227 Å². The van der Waals surface area contributed by atoms with E-state index in [0.717, 1.165) is 24.5 Å². The van der Waals surface area contributed by atoms with Crippen molar-refractivity contribution < 1.29 is 8.95 Å². The summed E-state index contributed by atoms with van der Waals surface area (Å²) in [5, 5.41) is 3.69. The average molecular weight is 549 g/mol. The molecule has 0 spiro atoms. The standard InChI is InChI=1S/C27H32N8O3S/c1-6-14-34-26(36)20-15-28-27(29-21-10-7-8-11-22(21)33-16-18(2)38-19(3)17-33)31-25(20)35(34)24-13-9-12-23(30-24)32-39(4,5)37/h6-13,15,18-19H,1,14,16-17H2,2-5H3,(H,28,29,31)/t18-,19+. The minimum Gasteiger partial charge on any atom is -0.372 e. The van der Waals surface area contributed by atoms with Gasteiger partial charge in [0.1, 0.15) is 5.39 Å². The largest absolute Gasteiger partial charge is 0.372 e. The second-order valence-corrected chi connectivity index (χ2v) is 12.4. The van der Waals surface area contributed by atoms with E-state index in [-0.39, 0.29) is 24.3 Å². The molecule has 11 nitrogen and oxygen atoms in total. The van der Waals surface area contributed by atoms with Gasteiger partial charge in [-0.1, -0.05) is 24.3 Å². The highest BCUT2D eigenvalue weighted by Gasteiger charge is 2.24. The van der Waals surface area contributed by atoms with Gasteiger partial charge in [-0.3, -0.25) is 4.79 Å². The second-order valence-electron chi connectivity index (χ2n) is 9.85. The molecule has 3 aromatic heterocycles. The molecule has 1 aliphatic heterocycles. The summed E-state index contributed by atoms with van der Waals surface area (Å²) in [6.45, 7) is 9.69.